The molecule has 0 atom stereocenters. The number of nitro benzene ring substituents is 1. The smallest absolute Gasteiger partial charge is 0.270 e. The SMILES string of the molecule is CCCCCCCCCCCCNC(=O)/C=C/c1cccc([N+](=O)[O-])c1. The number of hydrogen-bond acceptors (Lipinski definition) is 3. The zero-order valence-electron chi connectivity index (χ0n) is 15.9. The summed E-state index contributed by atoms with van der Waals surface area (Å²) < 4.78 is 0. The van der Waals surface area contributed by atoms with Gasteiger partial charge in [0, 0.05) is 24.8 Å². The van der Waals surface area contributed by atoms with Crippen molar-refractivity contribution in [3.63, 3.8) is 0 Å². The molecule has 0 spiro atoms. The predicted molar refractivity (Wildman–Crippen MR) is 107 cm³/mol. The summed E-state index contributed by atoms with van der Waals surface area (Å²) in [6.45, 7) is 2.91. The number of carbonyl (C=O) groups is 1. The zero-order chi connectivity index (χ0) is 19.0. The highest BCUT2D eigenvalue weighted by Gasteiger charge is 2.04. The van der Waals surface area contributed by atoms with E-state index < -0.39 is 4.92 Å². The van der Waals surface area contributed by atoms with E-state index in [2.05, 4.69) is 12.2 Å². The van der Waals surface area contributed by atoms with Crippen molar-refractivity contribution in [2.75, 3.05) is 6.54 Å². The normalized spacial score (nSPS) is 11.0. The van der Waals surface area contributed by atoms with Crippen molar-refractivity contribution in [1.29, 1.82) is 0 Å². The minimum absolute atomic E-state index is 0.0259. The number of hydrogen-bond donors (Lipinski definition) is 1. The average molecular weight is 360 g/mol. The number of benzene rings is 1. The summed E-state index contributed by atoms with van der Waals surface area (Å²) in [4.78, 5) is 22.0. The lowest BCUT2D eigenvalue weighted by atomic mass is 10.1. The van der Waals surface area contributed by atoms with E-state index in [-0.39, 0.29) is 11.6 Å². The Labute approximate surface area is 157 Å². The Morgan fingerprint density at radius 2 is 1.65 bits per heavy atom. The van der Waals surface area contributed by atoms with Crippen LogP contribution >= 0.6 is 0 Å². The average Bonchev–Trinajstić information content (AvgIpc) is 2.64. The van der Waals surface area contributed by atoms with Crippen LogP contribution in [0.3, 0.4) is 0 Å². The first-order valence-corrected chi connectivity index (χ1v) is 9.84. The molecule has 1 aromatic carbocycles. The number of nitrogens with one attached hydrogen (secondary N) is 1. The number of rotatable bonds is 14. The summed E-state index contributed by atoms with van der Waals surface area (Å²) in [5.41, 5.74) is 0.672. The van der Waals surface area contributed by atoms with Crippen molar-refractivity contribution in [3.8, 4) is 0 Å². The summed E-state index contributed by atoms with van der Waals surface area (Å²) in [5.74, 6) is -0.160. The van der Waals surface area contributed by atoms with Crippen LogP contribution in [0.1, 0.15) is 76.7 Å². The Bertz CT molecular complexity index is 570. The second-order valence-electron chi connectivity index (χ2n) is 6.66. The first-order chi connectivity index (χ1) is 12.6. The molecule has 0 aliphatic heterocycles. The van der Waals surface area contributed by atoms with Crippen LogP contribution in [0.15, 0.2) is 30.3 Å². The van der Waals surface area contributed by atoms with E-state index >= 15 is 0 Å². The number of nitro groups is 1. The monoisotopic (exact) mass is 360 g/mol. The first-order valence-electron chi connectivity index (χ1n) is 9.84. The summed E-state index contributed by atoms with van der Waals surface area (Å²) >= 11 is 0. The lowest BCUT2D eigenvalue weighted by molar-refractivity contribution is -0.384. The van der Waals surface area contributed by atoms with Crippen molar-refractivity contribution < 1.29 is 9.72 Å². The topological polar surface area (TPSA) is 72.2 Å². The maximum absolute atomic E-state index is 11.8. The van der Waals surface area contributed by atoms with Crippen molar-refractivity contribution in [2.24, 2.45) is 0 Å². The van der Waals surface area contributed by atoms with Crippen molar-refractivity contribution >= 4 is 17.7 Å². The third-order valence-corrected chi connectivity index (χ3v) is 4.34. The molecular weight excluding hydrogens is 328 g/mol. The van der Waals surface area contributed by atoms with Gasteiger partial charge < -0.3 is 5.32 Å². The Kier molecular flexibility index (Phi) is 11.8. The quantitative estimate of drug-likeness (QED) is 0.202. The molecule has 1 amide bonds. The standard InChI is InChI=1S/C21H32N2O3/c1-2-3-4-5-6-7-8-9-10-11-17-22-21(24)16-15-19-13-12-14-20(18-19)23(25)26/h12-16,18H,2-11,17H2,1H3,(H,22,24)/b16-15+. The molecule has 0 aliphatic rings. The number of amides is 1. The Morgan fingerprint density at radius 1 is 1.04 bits per heavy atom. The van der Waals surface area contributed by atoms with E-state index in [1.807, 2.05) is 0 Å². The highest BCUT2D eigenvalue weighted by atomic mass is 16.6. The van der Waals surface area contributed by atoms with Gasteiger partial charge in [-0.3, -0.25) is 14.9 Å². The maximum Gasteiger partial charge on any atom is 0.270 e. The van der Waals surface area contributed by atoms with E-state index in [0.29, 0.717) is 12.1 Å². The fraction of sp³-hybridized carbons (Fsp3) is 0.571. The van der Waals surface area contributed by atoms with Gasteiger partial charge in [-0.05, 0) is 18.1 Å². The van der Waals surface area contributed by atoms with Crippen LogP contribution in [-0.4, -0.2) is 17.4 Å². The van der Waals surface area contributed by atoms with Crippen LogP contribution in [-0.2, 0) is 4.79 Å². The molecule has 0 saturated heterocycles. The highest BCUT2D eigenvalue weighted by molar-refractivity contribution is 5.91. The Hall–Kier alpha value is -2.17. The molecule has 1 aromatic rings. The van der Waals surface area contributed by atoms with Crippen LogP contribution in [0.25, 0.3) is 6.08 Å². The van der Waals surface area contributed by atoms with Crippen LogP contribution in [0.2, 0.25) is 0 Å². The summed E-state index contributed by atoms with van der Waals surface area (Å²) in [6, 6.07) is 6.23. The molecule has 0 radical (unpaired) electrons. The maximum atomic E-state index is 11.8. The Balaban J connectivity index is 2.06. The molecule has 5 heteroatoms. The fourth-order valence-corrected chi connectivity index (χ4v) is 2.80. The van der Waals surface area contributed by atoms with Gasteiger partial charge in [0.2, 0.25) is 5.91 Å². The van der Waals surface area contributed by atoms with Crippen molar-refractivity contribution in [1.82, 2.24) is 5.32 Å². The van der Waals surface area contributed by atoms with Gasteiger partial charge in [0.1, 0.15) is 0 Å². The van der Waals surface area contributed by atoms with Gasteiger partial charge in [-0.15, -0.1) is 0 Å². The third kappa shape index (κ3) is 10.6. The fourth-order valence-electron chi connectivity index (χ4n) is 2.80. The van der Waals surface area contributed by atoms with Crippen LogP contribution in [0.5, 0.6) is 0 Å². The van der Waals surface area contributed by atoms with E-state index in [9.17, 15) is 14.9 Å². The van der Waals surface area contributed by atoms with Gasteiger partial charge >= 0.3 is 0 Å². The van der Waals surface area contributed by atoms with Gasteiger partial charge in [0.15, 0.2) is 0 Å². The molecule has 0 unspecified atom stereocenters. The van der Waals surface area contributed by atoms with Gasteiger partial charge in [-0.1, -0.05) is 76.8 Å². The van der Waals surface area contributed by atoms with Crippen LogP contribution in [0, 0.1) is 10.1 Å². The lowest BCUT2D eigenvalue weighted by Gasteiger charge is -2.03. The predicted octanol–water partition coefficient (Wildman–Crippen LogP) is 5.65. The second kappa shape index (κ2) is 14.0. The van der Waals surface area contributed by atoms with Crippen molar-refractivity contribution in [2.45, 2.75) is 71.1 Å². The third-order valence-electron chi connectivity index (χ3n) is 4.34. The molecule has 0 aliphatic carbocycles. The van der Waals surface area contributed by atoms with Crippen LogP contribution in [0.4, 0.5) is 5.69 Å². The minimum Gasteiger partial charge on any atom is -0.353 e. The van der Waals surface area contributed by atoms with Crippen LogP contribution < -0.4 is 5.32 Å². The van der Waals surface area contributed by atoms with E-state index in [1.165, 1.54) is 69.6 Å². The van der Waals surface area contributed by atoms with E-state index in [1.54, 1.807) is 18.2 Å². The summed E-state index contributed by atoms with van der Waals surface area (Å²) in [7, 11) is 0. The molecular formula is C21H32N2O3. The van der Waals surface area contributed by atoms with Gasteiger partial charge in [0.25, 0.3) is 5.69 Å². The molecule has 0 heterocycles. The summed E-state index contributed by atoms with van der Waals surface area (Å²) in [5, 5.41) is 13.6. The molecule has 1 rings (SSSR count). The molecule has 0 saturated carbocycles. The molecule has 144 valence electrons. The number of carbonyl (C=O) groups excluding carboxylic acids is 1. The minimum atomic E-state index is -0.442. The van der Waals surface area contributed by atoms with Gasteiger partial charge in [-0.2, -0.15) is 0 Å². The molecule has 5 nitrogen and oxygen atoms in total. The Morgan fingerprint density at radius 3 is 2.27 bits per heavy atom. The second-order valence-corrected chi connectivity index (χ2v) is 6.66. The molecule has 0 fully saturated rings. The zero-order valence-corrected chi connectivity index (χ0v) is 15.9. The van der Waals surface area contributed by atoms with Gasteiger partial charge in [0.05, 0.1) is 4.92 Å². The van der Waals surface area contributed by atoms with Gasteiger partial charge in [-0.25, -0.2) is 0 Å². The molecule has 26 heavy (non-hydrogen) atoms. The first kappa shape index (κ1) is 21.9. The lowest BCUT2D eigenvalue weighted by Crippen LogP contribution is -2.21. The molecule has 0 aromatic heterocycles. The highest BCUT2D eigenvalue weighted by Crippen LogP contribution is 2.14. The van der Waals surface area contributed by atoms with E-state index in [4.69, 9.17) is 0 Å². The van der Waals surface area contributed by atoms with Crippen molar-refractivity contribution in [3.05, 3.63) is 46.0 Å². The number of unbranched alkanes of at least 4 members (excludes halogenated alkanes) is 9. The van der Waals surface area contributed by atoms with E-state index in [0.717, 1.165) is 12.8 Å². The number of nitrogens with zero attached hydrogens (tertiary/aromatic N) is 1. The largest absolute Gasteiger partial charge is 0.353 e. The molecule has 0 bridgehead atoms. The number of non-ortho nitro benzene ring substituents is 1. The summed E-state index contributed by atoms with van der Waals surface area (Å²) in [6.07, 6.45) is 15.7. The molecule has 1 N–H and O–H groups in total.